The van der Waals surface area contributed by atoms with Crippen LogP contribution < -0.4 is 0 Å². The Balaban J connectivity index is 2.22. The highest BCUT2D eigenvalue weighted by molar-refractivity contribution is 8.01. The van der Waals surface area contributed by atoms with Crippen LogP contribution in [-0.4, -0.2) is 26.3 Å². The number of benzene rings is 1. The first-order valence-corrected chi connectivity index (χ1v) is 7.00. The van der Waals surface area contributed by atoms with Gasteiger partial charge in [-0.25, -0.2) is 4.79 Å². The Bertz CT molecular complexity index is 744. The first-order valence-electron chi connectivity index (χ1n) is 5.31. The number of aromatic nitrogens is 3. The first kappa shape index (κ1) is 12.1. The Kier molecular flexibility index (Phi) is 3.14. The summed E-state index contributed by atoms with van der Waals surface area (Å²) in [6.07, 6.45) is 1.38. The molecule has 0 saturated heterocycles. The molecule has 1 N–H and O–H groups in total. The summed E-state index contributed by atoms with van der Waals surface area (Å²) >= 11 is 2.68. The van der Waals surface area contributed by atoms with Gasteiger partial charge in [-0.05, 0) is 6.07 Å². The van der Waals surface area contributed by atoms with E-state index >= 15 is 0 Å². The molecule has 0 fully saturated rings. The largest absolute Gasteiger partial charge is 0.478 e. The zero-order valence-electron chi connectivity index (χ0n) is 9.48. The lowest BCUT2D eigenvalue weighted by Crippen LogP contribution is -2.00. The summed E-state index contributed by atoms with van der Waals surface area (Å²) in [6, 6.07) is 7.44. The van der Waals surface area contributed by atoms with Crippen molar-refractivity contribution >= 4 is 40.0 Å². The maximum atomic E-state index is 11.3. The number of hydrogen-bond donors (Lipinski definition) is 1. The average Bonchev–Trinajstić information content (AvgIpc) is 2.92. The molecule has 19 heavy (non-hydrogen) atoms. The minimum atomic E-state index is -0.995. The van der Waals surface area contributed by atoms with Gasteiger partial charge in [0.1, 0.15) is 5.51 Å². The third-order valence-corrected chi connectivity index (χ3v) is 4.41. The van der Waals surface area contributed by atoms with E-state index in [0.717, 1.165) is 10.9 Å². The normalized spacial score (nSPS) is 10.7. The van der Waals surface area contributed by atoms with Gasteiger partial charge < -0.3 is 5.11 Å². The van der Waals surface area contributed by atoms with Crippen molar-refractivity contribution in [3.63, 3.8) is 0 Å². The van der Waals surface area contributed by atoms with Crippen molar-refractivity contribution in [1.82, 2.24) is 15.2 Å². The molecular weight excluding hydrogens is 282 g/mol. The molecule has 0 saturated carbocycles. The number of fused-ring (bicyclic) bond motifs is 1. The highest BCUT2D eigenvalue weighted by atomic mass is 32.2. The van der Waals surface area contributed by atoms with Crippen LogP contribution in [0.25, 0.3) is 10.9 Å². The van der Waals surface area contributed by atoms with E-state index in [1.165, 1.54) is 29.3 Å². The van der Waals surface area contributed by atoms with E-state index in [1.54, 1.807) is 5.51 Å². The van der Waals surface area contributed by atoms with Gasteiger partial charge in [0.2, 0.25) is 0 Å². The van der Waals surface area contributed by atoms with E-state index in [1.807, 2.05) is 24.3 Å². The molecule has 0 atom stereocenters. The van der Waals surface area contributed by atoms with Gasteiger partial charge in [-0.15, -0.1) is 10.2 Å². The lowest BCUT2D eigenvalue weighted by atomic mass is 10.1. The van der Waals surface area contributed by atoms with Gasteiger partial charge in [-0.3, -0.25) is 4.98 Å². The number of hydrogen-bond acceptors (Lipinski definition) is 6. The van der Waals surface area contributed by atoms with E-state index in [4.69, 9.17) is 0 Å². The van der Waals surface area contributed by atoms with Gasteiger partial charge in [0.05, 0.1) is 11.1 Å². The molecule has 2 aromatic heterocycles. The topological polar surface area (TPSA) is 76.0 Å². The summed E-state index contributed by atoms with van der Waals surface area (Å²) < 4.78 is 0.707. The minimum absolute atomic E-state index is 0.180. The molecule has 0 aliphatic carbocycles. The molecule has 3 rings (SSSR count). The van der Waals surface area contributed by atoms with E-state index < -0.39 is 5.97 Å². The summed E-state index contributed by atoms with van der Waals surface area (Å²) in [7, 11) is 0. The Labute approximate surface area is 116 Å². The van der Waals surface area contributed by atoms with Gasteiger partial charge in [0.25, 0.3) is 0 Å². The molecule has 7 heteroatoms. The van der Waals surface area contributed by atoms with E-state index in [-0.39, 0.29) is 5.56 Å². The molecule has 1 aromatic carbocycles. The van der Waals surface area contributed by atoms with Gasteiger partial charge in [-0.2, -0.15) is 0 Å². The minimum Gasteiger partial charge on any atom is -0.478 e. The third-order valence-electron chi connectivity index (χ3n) is 2.49. The molecule has 0 amide bonds. The Morgan fingerprint density at radius 1 is 1.32 bits per heavy atom. The highest BCUT2D eigenvalue weighted by Gasteiger charge is 2.16. The molecule has 5 nitrogen and oxygen atoms in total. The van der Waals surface area contributed by atoms with Crippen LogP contribution in [0.4, 0.5) is 0 Å². The smallest absolute Gasteiger partial charge is 0.338 e. The van der Waals surface area contributed by atoms with Gasteiger partial charge in [-0.1, -0.05) is 41.3 Å². The monoisotopic (exact) mass is 289 g/mol. The van der Waals surface area contributed by atoms with Crippen LogP contribution in [0.15, 0.2) is 45.2 Å². The Morgan fingerprint density at radius 2 is 2.16 bits per heavy atom. The molecule has 0 bridgehead atoms. The van der Waals surface area contributed by atoms with Crippen molar-refractivity contribution < 1.29 is 9.90 Å². The SMILES string of the molecule is O=C(O)c1cnc2ccccc2c1Sc1nncs1. The average molecular weight is 289 g/mol. The molecule has 3 aromatic rings. The number of aromatic carboxylic acids is 1. The number of para-hydroxylation sites is 1. The Hall–Kier alpha value is -1.99. The fraction of sp³-hybridized carbons (Fsp3) is 0. The van der Waals surface area contributed by atoms with Gasteiger partial charge in [0.15, 0.2) is 4.34 Å². The molecule has 2 heterocycles. The zero-order valence-corrected chi connectivity index (χ0v) is 11.1. The first-order chi connectivity index (χ1) is 9.25. The number of carboxylic acid groups (broad SMARTS) is 1. The number of pyridine rings is 1. The second kappa shape index (κ2) is 4.94. The van der Waals surface area contributed by atoms with Crippen molar-refractivity contribution in [3.8, 4) is 0 Å². The molecule has 0 spiro atoms. The second-order valence-corrected chi connectivity index (χ2v) is 5.72. The fourth-order valence-corrected chi connectivity index (χ4v) is 3.32. The van der Waals surface area contributed by atoms with Crippen LogP contribution in [0.1, 0.15) is 10.4 Å². The summed E-state index contributed by atoms with van der Waals surface area (Å²) in [5.41, 5.74) is 2.56. The van der Waals surface area contributed by atoms with Crippen LogP contribution in [0.3, 0.4) is 0 Å². The maximum absolute atomic E-state index is 11.3. The molecular formula is C12H7N3O2S2. The zero-order chi connectivity index (χ0) is 13.2. The van der Waals surface area contributed by atoms with Gasteiger partial charge >= 0.3 is 5.97 Å². The number of carboxylic acids is 1. The molecule has 94 valence electrons. The van der Waals surface area contributed by atoms with Crippen molar-refractivity contribution in [2.45, 2.75) is 9.24 Å². The van der Waals surface area contributed by atoms with E-state index in [9.17, 15) is 9.90 Å². The maximum Gasteiger partial charge on any atom is 0.338 e. The van der Waals surface area contributed by atoms with Crippen LogP contribution in [-0.2, 0) is 0 Å². The van der Waals surface area contributed by atoms with Crippen LogP contribution in [0.2, 0.25) is 0 Å². The van der Waals surface area contributed by atoms with Gasteiger partial charge in [0, 0.05) is 16.5 Å². The third kappa shape index (κ3) is 2.29. The summed E-state index contributed by atoms with van der Waals surface area (Å²) in [5, 5.41) is 17.8. The standard InChI is InChI=1S/C12H7N3O2S2/c16-11(17)8-5-13-9-4-2-1-3-7(9)10(8)19-12-15-14-6-18-12/h1-6H,(H,16,17). The Morgan fingerprint density at radius 3 is 2.89 bits per heavy atom. The van der Waals surface area contributed by atoms with E-state index in [0.29, 0.717) is 9.24 Å². The van der Waals surface area contributed by atoms with Crippen LogP contribution in [0, 0.1) is 0 Å². The highest BCUT2D eigenvalue weighted by Crippen LogP contribution is 2.36. The van der Waals surface area contributed by atoms with Crippen LogP contribution >= 0.6 is 23.1 Å². The predicted octanol–water partition coefficient (Wildman–Crippen LogP) is 2.94. The van der Waals surface area contributed by atoms with Crippen molar-refractivity contribution in [1.29, 1.82) is 0 Å². The fourth-order valence-electron chi connectivity index (χ4n) is 1.67. The summed E-state index contributed by atoms with van der Waals surface area (Å²) in [4.78, 5) is 16.1. The van der Waals surface area contributed by atoms with Crippen LogP contribution in [0.5, 0.6) is 0 Å². The lowest BCUT2D eigenvalue weighted by molar-refractivity contribution is 0.0693. The number of carbonyl (C=O) groups is 1. The van der Waals surface area contributed by atoms with E-state index in [2.05, 4.69) is 15.2 Å². The molecule has 0 aliphatic heterocycles. The van der Waals surface area contributed by atoms with Crippen molar-refractivity contribution in [2.24, 2.45) is 0 Å². The molecule has 0 aliphatic rings. The molecule has 0 unspecified atom stereocenters. The second-order valence-electron chi connectivity index (χ2n) is 3.63. The number of nitrogens with zero attached hydrogens (tertiary/aromatic N) is 3. The van der Waals surface area contributed by atoms with Crippen molar-refractivity contribution in [2.75, 3.05) is 0 Å². The lowest BCUT2D eigenvalue weighted by Gasteiger charge is -2.07. The summed E-state index contributed by atoms with van der Waals surface area (Å²) in [6.45, 7) is 0. The quantitative estimate of drug-likeness (QED) is 0.799. The summed E-state index contributed by atoms with van der Waals surface area (Å²) in [5.74, 6) is -0.995. The predicted molar refractivity (Wildman–Crippen MR) is 72.7 cm³/mol. The van der Waals surface area contributed by atoms with Crippen molar-refractivity contribution in [3.05, 3.63) is 41.5 Å². The number of rotatable bonds is 3. The molecule has 0 radical (unpaired) electrons.